The van der Waals surface area contributed by atoms with E-state index in [0.29, 0.717) is 29.2 Å². The molecule has 1 aliphatic heterocycles. The minimum atomic E-state index is -3.63. The van der Waals surface area contributed by atoms with E-state index in [0.717, 1.165) is 33.9 Å². The van der Waals surface area contributed by atoms with Gasteiger partial charge in [-0.05, 0) is 61.4 Å². The fourth-order valence-corrected chi connectivity index (χ4v) is 7.05. The number of nitro groups is 1. The molecule has 2 aromatic heterocycles. The molecular weight excluding hydrogens is 550 g/mol. The largest absolute Gasteiger partial charge is 0.497 e. The van der Waals surface area contributed by atoms with Crippen molar-refractivity contribution in [2.75, 3.05) is 25.2 Å². The third-order valence-corrected chi connectivity index (χ3v) is 9.73. The van der Waals surface area contributed by atoms with Gasteiger partial charge in [0.1, 0.15) is 5.75 Å². The molecule has 0 N–H and O–H groups in total. The summed E-state index contributed by atoms with van der Waals surface area (Å²) in [5.74, 6) is 0.0956. The zero-order valence-electron chi connectivity index (χ0n) is 20.0. The van der Waals surface area contributed by atoms with Crippen LogP contribution in [0.2, 0.25) is 0 Å². The van der Waals surface area contributed by atoms with Crippen molar-refractivity contribution in [2.45, 2.75) is 17.7 Å². The first-order chi connectivity index (χ1) is 18.3. The van der Waals surface area contributed by atoms with Crippen molar-refractivity contribution >= 4 is 65.2 Å². The van der Waals surface area contributed by atoms with E-state index in [1.54, 1.807) is 25.3 Å². The molecule has 0 radical (unpaired) electrons. The average molecular weight is 572 g/mol. The molecule has 1 fully saturated rings. The zero-order valence-corrected chi connectivity index (χ0v) is 22.5. The van der Waals surface area contributed by atoms with Crippen LogP contribution in [0.1, 0.15) is 28.1 Å². The molecule has 5 rings (SSSR count). The topological polar surface area (TPSA) is 135 Å². The number of hydrazone groups is 1. The van der Waals surface area contributed by atoms with Crippen molar-refractivity contribution < 1.29 is 22.9 Å². The quantitative estimate of drug-likeness (QED) is 0.169. The van der Waals surface area contributed by atoms with E-state index in [2.05, 4.69) is 10.1 Å². The molecule has 0 saturated carbocycles. The van der Waals surface area contributed by atoms with Crippen molar-refractivity contribution in [3.63, 3.8) is 0 Å². The van der Waals surface area contributed by atoms with Crippen molar-refractivity contribution in [2.24, 2.45) is 5.10 Å². The number of carbonyl (C=O) groups excluding carboxylic acids is 1. The molecule has 0 unspecified atom stereocenters. The smallest absolute Gasteiger partial charge is 0.324 e. The van der Waals surface area contributed by atoms with Crippen LogP contribution in [-0.4, -0.2) is 55.0 Å². The Kier molecular flexibility index (Phi) is 7.21. The van der Waals surface area contributed by atoms with Gasteiger partial charge in [0.15, 0.2) is 0 Å². The number of hydrogen-bond acceptors (Lipinski definition) is 10. The number of carbonyl (C=O) groups is 1. The summed E-state index contributed by atoms with van der Waals surface area (Å²) in [6, 6.07) is 13.9. The lowest BCUT2D eigenvalue weighted by atomic mass is 10.2. The van der Waals surface area contributed by atoms with Crippen LogP contribution in [0.4, 0.5) is 10.1 Å². The van der Waals surface area contributed by atoms with Crippen LogP contribution in [0.5, 0.6) is 5.75 Å². The number of anilines is 1. The van der Waals surface area contributed by atoms with Gasteiger partial charge < -0.3 is 4.74 Å². The number of sulfonamides is 1. The second kappa shape index (κ2) is 10.6. The van der Waals surface area contributed by atoms with Crippen molar-refractivity contribution in [3.05, 3.63) is 75.2 Å². The number of aromatic nitrogens is 1. The van der Waals surface area contributed by atoms with Crippen LogP contribution in [-0.2, 0) is 10.0 Å². The molecule has 0 aliphatic carbocycles. The average Bonchev–Trinajstić information content (AvgIpc) is 3.69. The highest BCUT2D eigenvalue weighted by Gasteiger charge is 2.28. The Bertz CT molecular complexity index is 1640. The van der Waals surface area contributed by atoms with E-state index in [9.17, 15) is 23.3 Å². The number of hydrogen-bond donors (Lipinski definition) is 0. The Balaban J connectivity index is 1.49. The molecule has 196 valence electrons. The van der Waals surface area contributed by atoms with Gasteiger partial charge in [0.25, 0.3) is 5.91 Å². The van der Waals surface area contributed by atoms with Crippen LogP contribution in [0.15, 0.2) is 64.6 Å². The predicted molar refractivity (Wildman–Crippen MR) is 146 cm³/mol. The van der Waals surface area contributed by atoms with E-state index >= 15 is 0 Å². The highest BCUT2D eigenvalue weighted by atomic mass is 32.2. The van der Waals surface area contributed by atoms with Crippen LogP contribution < -0.4 is 9.75 Å². The maximum absolute atomic E-state index is 13.6. The Morgan fingerprint density at radius 2 is 1.87 bits per heavy atom. The van der Waals surface area contributed by atoms with E-state index in [-0.39, 0.29) is 20.6 Å². The van der Waals surface area contributed by atoms with Gasteiger partial charge in [-0.3, -0.25) is 14.9 Å². The van der Waals surface area contributed by atoms with Gasteiger partial charge in [-0.15, -0.1) is 0 Å². The van der Waals surface area contributed by atoms with E-state index in [1.165, 1.54) is 58.3 Å². The normalized spacial score (nSPS) is 14.3. The predicted octanol–water partition coefficient (Wildman–Crippen LogP) is 4.74. The Labute approximate surface area is 225 Å². The van der Waals surface area contributed by atoms with Crippen LogP contribution in [0, 0.1) is 10.1 Å². The molecule has 2 aromatic carbocycles. The number of nitrogens with zero attached hydrogens (tertiary/aromatic N) is 5. The second-order valence-corrected chi connectivity index (χ2v) is 12.3. The van der Waals surface area contributed by atoms with Gasteiger partial charge in [0.2, 0.25) is 15.2 Å². The second-order valence-electron chi connectivity index (χ2n) is 8.26. The molecule has 0 spiro atoms. The number of thiazole rings is 1. The summed E-state index contributed by atoms with van der Waals surface area (Å²) >= 11 is 2.14. The number of rotatable bonds is 8. The zero-order chi connectivity index (χ0) is 26.9. The first kappa shape index (κ1) is 25.9. The fraction of sp³-hybridized carbons (Fsp3) is 0.208. The standard InChI is InChI=1S/C24H21N5O6S3/c1-35-17-6-10-20-21(14-17)37-24(26-20)28(25-15-18-7-11-22(36-18)29(31)32)23(30)16-4-8-19(9-5-16)38(33,34)27-12-2-3-13-27/h4-11,14-15H,2-3,12-13H2,1H3/b25-15+. The molecule has 38 heavy (non-hydrogen) atoms. The Morgan fingerprint density at radius 3 is 2.53 bits per heavy atom. The first-order valence-corrected chi connectivity index (χ1v) is 14.5. The lowest BCUT2D eigenvalue weighted by Gasteiger charge is -2.16. The molecule has 11 nitrogen and oxygen atoms in total. The number of amides is 1. The van der Waals surface area contributed by atoms with Crippen molar-refractivity contribution in [1.29, 1.82) is 0 Å². The van der Waals surface area contributed by atoms with Crippen molar-refractivity contribution in [3.8, 4) is 5.75 Å². The van der Waals surface area contributed by atoms with E-state index in [1.807, 2.05) is 0 Å². The maximum atomic E-state index is 13.6. The summed E-state index contributed by atoms with van der Waals surface area (Å²) in [5.41, 5.74) is 0.842. The van der Waals surface area contributed by atoms with Gasteiger partial charge >= 0.3 is 5.00 Å². The van der Waals surface area contributed by atoms with Gasteiger partial charge in [-0.1, -0.05) is 22.7 Å². The summed E-state index contributed by atoms with van der Waals surface area (Å²) in [4.78, 5) is 29.3. The van der Waals surface area contributed by atoms with Crippen LogP contribution in [0.3, 0.4) is 0 Å². The van der Waals surface area contributed by atoms with Gasteiger partial charge in [0, 0.05) is 24.7 Å². The Hall–Kier alpha value is -3.72. The number of methoxy groups -OCH3 is 1. The highest BCUT2D eigenvalue weighted by molar-refractivity contribution is 7.89. The highest BCUT2D eigenvalue weighted by Crippen LogP contribution is 2.33. The summed E-state index contributed by atoms with van der Waals surface area (Å²) in [6.07, 6.45) is 3.00. The number of ether oxygens (including phenoxy) is 1. The molecule has 0 bridgehead atoms. The van der Waals surface area contributed by atoms with E-state index < -0.39 is 20.9 Å². The van der Waals surface area contributed by atoms with Crippen molar-refractivity contribution in [1.82, 2.24) is 9.29 Å². The molecule has 1 amide bonds. The summed E-state index contributed by atoms with van der Waals surface area (Å²) in [5, 5.41) is 16.7. The minimum absolute atomic E-state index is 0.0498. The van der Waals surface area contributed by atoms with Crippen LogP contribution >= 0.6 is 22.7 Å². The molecule has 3 heterocycles. The van der Waals surface area contributed by atoms with Crippen LogP contribution in [0.25, 0.3) is 10.2 Å². The van der Waals surface area contributed by atoms with E-state index in [4.69, 9.17) is 4.74 Å². The molecule has 0 atom stereocenters. The molecule has 14 heteroatoms. The van der Waals surface area contributed by atoms with Gasteiger partial charge in [-0.25, -0.2) is 13.4 Å². The third-order valence-electron chi connectivity index (χ3n) is 5.85. The van der Waals surface area contributed by atoms with Gasteiger partial charge in [0.05, 0.1) is 38.2 Å². The monoisotopic (exact) mass is 571 g/mol. The lowest BCUT2D eigenvalue weighted by molar-refractivity contribution is -0.380. The minimum Gasteiger partial charge on any atom is -0.497 e. The summed E-state index contributed by atoms with van der Waals surface area (Å²) in [7, 11) is -2.07. The molecular formula is C24H21N5O6S3. The van der Waals surface area contributed by atoms with Gasteiger partial charge in [-0.2, -0.15) is 14.4 Å². The SMILES string of the molecule is COc1ccc2nc(N(/N=C/c3ccc([N+](=O)[O-])s3)C(=O)c3ccc(S(=O)(=O)N4CCCC4)cc3)sc2c1. The number of benzene rings is 2. The molecule has 1 saturated heterocycles. The third kappa shape index (κ3) is 5.15. The first-order valence-electron chi connectivity index (χ1n) is 11.4. The molecule has 1 aliphatic rings. The summed E-state index contributed by atoms with van der Waals surface area (Å²) < 4.78 is 33.2. The number of fused-ring (bicyclic) bond motifs is 1. The molecule has 4 aromatic rings. The fourth-order valence-electron chi connectivity index (χ4n) is 3.89. The summed E-state index contributed by atoms with van der Waals surface area (Å²) in [6.45, 7) is 0.962. The Morgan fingerprint density at radius 1 is 1.13 bits per heavy atom. The maximum Gasteiger partial charge on any atom is 0.324 e. The number of thiophene rings is 1. The lowest BCUT2D eigenvalue weighted by Crippen LogP contribution is -2.28.